The van der Waals surface area contributed by atoms with Gasteiger partial charge in [-0.3, -0.25) is 0 Å². The molecule has 0 aliphatic heterocycles. The van der Waals surface area contributed by atoms with Crippen LogP contribution in [0, 0.1) is 0 Å². The zero-order chi connectivity index (χ0) is 11.5. The Morgan fingerprint density at radius 3 is 2.62 bits per heavy atom. The topological polar surface area (TPSA) is 55.1 Å². The zero-order valence-electron chi connectivity index (χ0n) is 8.25. The van der Waals surface area contributed by atoms with E-state index in [1.165, 1.54) is 10.9 Å². The Bertz CT molecular complexity index is 498. The van der Waals surface area contributed by atoms with Crippen LogP contribution in [0.3, 0.4) is 0 Å². The van der Waals surface area contributed by atoms with Gasteiger partial charge in [0, 0.05) is 11.2 Å². The fourth-order valence-corrected chi connectivity index (χ4v) is 1.53. The smallest absolute Gasteiger partial charge is 0.414 e. The molecule has 2 rings (SSSR count). The van der Waals surface area contributed by atoms with Crippen LogP contribution in [-0.2, 0) is 4.79 Å². The first kappa shape index (κ1) is 10.9. The molecule has 1 heterocycles. The highest BCUT2D eigenvalue weighted by molar-refractivity contribution is 6.88. The maximum Gasteiger partial charge on any atom is 0.414 e. The molecule has 1 N–H and O–H groups in total. The Morgan fingerprint density at radius 1 is 1.31 bits per heavy atom. The van der Waals surface area contributed by atoms with Crippen LogP contribution in [-0.4, -0.2) is 27.9 Å². The van der Waals surface area contributed by atoms with Gasteiger partial charge in [-0.15, -0.1) is 0 Å². The van der Waals surface area contributed by atoms with Gasteiger partial charge < -0.3 is 9.82 Å². The Kier molecular flexibility index (Phi) is 3.08. The van der Waals surface area contributed by atoms with Gasteiger partial charge in [-0.25, -0.2) is 4.68 Å². The zero-order valence-corrected chi connectivity index (χ0v) is 9.00. The summed E-state index contributed by atoms with van der Waals surface area (Å²) < 4.78 is 1.50. The molecule has 0 spiro atoms. The molecule has 0 atom stereocenters. The number of halogens is 1. The minimum Gasteiger partial charge on any atom is -0.440 e. The van der Waals surface area contributed by atoms with Crippen molar-refractivity contribution in [2.75, 3.05) is 0 Å². The first-order chi connectivity index (χ1) is 7.72. The van der Waals surface area contributed by atoms with Crippen LogP contribution in [0.1, 0.15) is 0 Å². The highest BCUT2D eigenvalue weighted by Gasteiger charge is 2.18. The largest absolute Gasteiger partial charge is 0.440 e. The van der Waals surface area contributed by atoms with Crippen LogP contribution in [0.5, 0.6) is 0 Å². The lowest BCUT2D eigenvalue weighted by molar-refractivity contribution is 0.548. The molecule has 1 aromatic heterocycles. The van der Waals surface area contributed by atoms with Crippen LogP contribution >= 0.6 is 11.6 Å². The van der Waals surface area contributed by atoms with Crippen molar-refractivity contribution in [3.63, 3.8) is 0 Å². The molecule has 80 valence electrons. The maximum absolute atomic E-state index is 10.5. The molecule has 4 nitrogen and oxygen atoms in total. The second kappa shape index (κ2) is 4.51. The predicted octanol–water partition coefficient (Wildman–Crippen LogP) is 0.488. The third-order valence-corrected chi connectivity index (χ3v) is 2.43. The molecule has 0 amide bonds. The van der Waals surface area contributed by atoms with Gasteiger partial charge in [0.1, 0.15) is 6.19 Å². The quantitative estimate of drug-likeness (QED) is 0.621. The van der Waals surface area contributed by atoms with Gasteiger partial charge in [0.25, 0.3) is 0 Å². The summed E-state index contributed by atoms with van der Waals surface area (Å²) in [6.07, 6.45) is 1.99. The van der Waals surface area contributed by atoms with Crippen molar-refractivity contribution in [2.24, 2.45) is 0 Å². The van der Waals surface area contributed by atoms with Crippen molar-refractivity contribution in [2.45, 2.75) is 0 Å². The summed E-state index contributed by atoms with van der Waals surface area (Å²) in [5.41, 5.74) is 1.17. The third-order valence-electron chi connectivity index (χ3n) is 2.18. The molecular formula is C10H8BClN2O2. The maximum atomic E-state index is 10.5. The Hall–Kier alpha value is -1.59. The molecule has 1 aromatic carbocycles. The number of carbonyl (C=O) groups excluding carboxylic acids is 1. The van der Waals surface area contributed by atoms with Gasteiger partial charge in [-0.2, -0.15) is 5.10 Å². The molecule has 0 saturated carbocycles. The second-order valence-electron chi connectivity index (χ2n) is 3.23. The minimum atomic E-state index is -1.17. The van der Waals surface area contributed by atoms with Crippen LogP contribution in [0.2, 0.25) is 5.02 Å². The summed E-state index contributed by atoms with van der Waals surface area (Å²) in [5.74, 6) is 0. The monoisotopic (exact) mass is 234 g/mol. The number of hydrogen-bond acceptors (Lipinski definition) is 3. The number of benzene rings is 1. The van der Waals surface area contributed by atoms with Crippen LogP contribution in [0.4, 0.5) is 0 Å². The van der Waals surface area contributed by atoms with E-state index in [0.717, 1.165) is 5.69 Å². The van der Waals surface area contributed by atoms with E-state index in [2.05, 4.69) is 5.10 Å². The Morgan fingerprint density at radius 2 is 2.00 bits per heavy atom. The average molecular weight is 234 g/mol. The normalized spacial score (nSPS) is 10.1. The number of carbonyl (C=O) groups is 1. The van der Waals surface area contributed by atoms with Crippen molar-refractivity contribution < 1.29 is 9.82 Å². The van der Waals surface area contributed by atoms with E-state index in [1.54, 1.807) is 30.3 Å². The predicted molar refractivity (Wildman–Crippen MR) is 62.9 cm³/mol. The second-order valence-corrected chi connectivity index (χ2v) is 3.66. The molecule has 0 unspecified atom stereocenters. The lowest BCUT2D eigenvalue weighted by atomic mass is 9.67. The summed E-state index contributed by atoms with van der Waals surface area (Å²) in [4.78, 5) is 10.5. The Balaban J connectivity index is 2.44. The third kappa shape index (κ3) is 2.00. The molecule has 0 saturated heterocycles. The fourth-order valence-electron chi connectivity index (χ4n) is 1.41. The fraction of sp³-hybridized carbons (Fsp3) is 0. The standard InChI is InChI=1S/C10H8BClN2O2/c12-8-1-3-9(4-2-8)14-10(5-6-13-14)11(16)7-15/h1-7,16H. The van der Waals surface area contributed by atoms with Crippen molar-refractivity contribution in [3.05, 3.63) is 41.6 Å². The van der Waals surface area contributed by atoms with Gasteiger partial charge in [-0.1, -0.05) is 11.6 Å². The van der Waals surface area contributed by atoms with Gasteiger partial charge in [0.05, 0.1) is 11.3 Å². The van der Waals surface area contributed by atoms with Gasteiger partial charge in [0.15, 0.2) is 0 Å². The molecule has 0 radical (unpaired) electrons. The summed E-state index contributed by atoms with van der Waals surface area (Å²) in [6, 6.07) is 8.55. The molecule has 0 aliphatic carbocycles. The first-order valence-electron chi connectivity index (χ1n) is 4.65. The average Bonchev–Trinajstić information content (AvgIpc) is 2.78. The first-order valence-corrected chi connectivity index (χ1v) is 5.03. The van der Waals surface area contributed by atoms with Crippen molar-refractivity contribution in [1.29, 1.82) is 0 Å². The summed E-state index contributed by atoms with van der Waals surface area (Å²) in [6.45, 7) is -1.17. The molecule has 6 heteroatoms. The van der Waals surface area contributed by atoms with Crippen molar-refractivity contribution in [1.82, 2.24) is 9.78 Å². The van der Waals surface area contributed by atoms with E-state index in [9.17, 15) is 9.82 Å². The van der Waals surface area contributed by atoms with Crippen LogP contribution < -0.4 is 5.59 Å². The van der Waals surface area contributed by atoms with E-state index in [4.69, 9.17) is 11.6 Å². The molecule has 0 bridgehead atoms. The lowest BCUT2D eigenvalue weighted by Gasteiger charge is -2.06. The van der Waals surface area contributed by atoms with E-state index in [1.807, 2.05) is 0 Å². The lowest BCUT2D eigenvalue weighted by Crippen LogP contribution is -2.37. The number of aromatic nitrogens is 2. The van der Waals surface area contributed by atoms with E-state index in [-0.39, 0.29) is 0 Å². The van der Waals surface area contributed by atoms with E-state index < -0.39 is 6.92 Å². The van der Waals surface area contributed by atoms with Crippen molar-refractivity contribution >= 4 is 30.3 Å². The van der Waals surface area contributed by atoms with Gasteiger partial charge in [-0.05, 0) is 30.3 Å². The summed E-state index contributed by atoms with van der Waals surface area (Å²) in [7, 11) is 0. The van der Waals surface area contributed by atoms with Crippen LogP contribution in [0.25, 0.3) is 5.69 Å². The number of rotatable bonds is 3. The molecule has 2 aromatic rings. The summed E-state index contributed by atoms with van der Waals surface area (Å²) in [5, 5.41) is 14.1. The van der Waals surface area contributed by atoms with Crippen molar-refractivity contribution in [3.8, 4) is 5.69 Å². The molecule has 0 aliphatic rings. The van der Waals surface area contributed by atoms with Crippen LogP contribution in [0.15, 0.2) is 36.5 Å². The number of nitrogens with zero attached hydrogens (tertiary/aromatic N) is 2. The molecule has 16 heavy (non-hydrogen) atoms. The van der Waals surface area contributed by atoms with Gasteiger partial charge >= 0.3 is 6.92 Å². The number of hydrogen-bond donors (Lipinski definition) is 1. The SMILES string of the molecule is O=CB(O)c1ccnn1-c1ccc(Cl)cc1. The minimum absolute atomic E-state index is 0.428. The summed E-state index contributed by atoms with van der Waals surface area (Å²) >= 11 is 5.77. The Labute approximate surface area is 97.6 Å². The van der Waals surface area contributed by atoms with E-state index >= 15 is 0 Å². The highest BCUT2D eigenvalue weighted by atomic mass is 35.5. The van der Waals surface area contributed by atoms with E-state index in [0.29, 0.717) is 16.8 Å². The molecular weight excluding hydrogens is 226 g/mol. The highest BCUT2D eigenvalue weighted by Crippen LogP contribution is 2.11. The van der Waals surface area contributed by atoms with Gasteiger partial charge in [0.2, 0.25) is 0 Å². The molecule has 0 fully saturated rings.